The predicted octanol–water partition coefficient (Wildman–Crippen LogP) is 3.77. The molecule has 0 saturated carbocycles. The minimum Gasteiger partial charge on any atom is -0.336 e. The number of carbonyl (C=O) groups excluding carboxylic acids is 1. The summed E-state index contributed by atoms with van der Waals surface area (Å²) in [6.07, 6.45) is 4.78. The van der Waals surface area contributed by atoms with Gasteiger partial charge in [-0.1, -0.05) is 29.8 Å². The standard InChI is InChI=1S/C23H25N3O2/c1-16-8-10-18(11-9-16)15-26-21-19(7-5-12-24-21)14-20(23(26)28)22(27)25-13-4-3-6-17(25)2/h5,7-12,14,17H,3-4,6,13,15H2,1-2H3/t17-/m1/s1. The molecule has 1 saturated heterocycles. The van der Waals surface area contributed by atoms with Crippen LogP contribution in [0.15, 0.2) is 53.5 Å². The molecule has 1 fully saturated rings. The fraction of sp³-hybridized carbons (Fsp3) is 0.348. The molecule has 0 aliphatic carbocycles. The maximum atomic E-state index is 13.3. The Morgan fingerprint density at radius 3 is 2.71 bits per heavy atom. The van der Waals surface area contributed by atoms with E-state index in [0.29, 0.717) is 18.7 Å². The van der Waals surface area contributed by atoms with E-state index in [4.69, 9.17) is 0 Å². The van der Waals surface area contributed by atoms with E-state index >= 15 is 0 Å². The van der Waals surface area contributed by atoms with Crippen LogP contribution in [0.4, 0.5) is 0 Å². The maximum Gasteiger partial charge on any atom is 0.265 e. The number of benzene rings is 1. The van der Waals surface area contributed by atoms with E-state index < -0.39 is 0 Å². The van der Waals surface area contributed by atoms with Gasteiger partial charge in [-0.05, 0) is 56.9 Å². The van der Waals surface area contributed by atoms with Crippen molar-refractivity contribution in [2.45, 2.75) is 45.7 Å². The second kappa shape index (κ2) is 7.58. The molecule has 1 atom stereocenters. The molecule has 144 valence electrons. The summed E-state index contributed by atoms with van der Waals surface area (Å²) in [5.41, 5.74) is 2.75. The van der Waals surface area contributed by atoms with E-state index in [2.05, 4.69) is 11.9 Å². The van der Waals surface area contributed by atoms with Gasteiger partial charge in [0.05, 0.1) is 6.54 Å². The molecular weight excluding hydrogens is 350 g/mol. The summed E-state index contributed by atoms with van der Waals surface area (Å²) in [7, 11) is 0. The zero-order valence-electron chi connectivity index (χ0n) is 16.4. The number of pyridine rings is 2. The molecule has 5 nitrogen and oxygen atoms in total. The molecule has 5 heteroatoms. The normalized spacial score (nSPS) is 17.1. The highest BCUT2D eigenvalue weighted by Gasteiger charge is 2.27. The minimum atomic E-state index is -0.269. The minimum absolute atomic E-state index is 0.163. The van der Waals surface area contributed by atoms with E-state index in [1.807, 2.05) is 48.2 Å². The molecule has 1 amide bonds. The zero-order chi connectivity index (χ0) is 19.7. The van der Waals surface area contributed by atoms with Crippen molar-refractivity contribution >= 4 is 16.9 Å². The van der Waals surface area contributed by atoms with E-state index in [1.54, 1.807) is 16.8 Å². The second-order valence-electron chi connectivity index (χ2n) is 7.69. The Labute approximate surface area is 164 Å². The molecule has 4 rings (SSSR count). The van der Waals surface area contributed by atoms with Crippen molar-refractivity contribution in [3.8, 4) is 0 Å². The lowest BCUT2D eigenvalue weighted by Gasteiger charge is -2.33. The van der Waals surface area contributed by atoms with E-state index in [-0.39, 0.29) is 23.1 Å². The SMILES string of the molecule is Cc1ccc(Cn2c(=O)c(C(=O)N3CCCC[C@H]3C)cc3cccnc32)cc1. The van der Waals surface area contributed by atoms with Gasteiger partial charge in [-0.2, -0.15) is 0 Å². The van der Waals surface area contributed by atoms with Gasteiger partial charge in [0, 0.05) is 24.2 Å². The van der Waals surface area contributed by atoms with Crippen molar-refractivity contribution in [3.05, 3.63) is 75.7 Å². The van der Waals surface area contributed by atoms with Crippen LogP contribution in [0.1, 0.15) is 47.7 Å². The molecule has 0 radical (unpaired) electrons. The summed E-state index contributed by atoms with van der Waals surface area (Å²) in [6, 6.07) is 13.7. The molecule has 0 N–H and O–H groups in total. The van der Waals surface area contributed by atoms with Crippen LogP contribution < -0.4 is 5.56 Å². The summed E-state index contributed by atoms with van der Waals surface area (Å²) >= 11 is 0. The van der Waals surface area contributed by atoms with Crippen LogP contribution in [-0.4, -0.2) is 32.9 Å². The Morgan fingerprint density at radius 2 is 1.96 bits per heavy atom. The van der Waals surface area contributed by atoms with Gasteiger partial charge in [0.15, 0.2) is 0 Å². The number of aryl methyl sites for hydroxylation is 1. The Bertz CT molecular complexity index is 1070. The first-order valence-electron chi connectivity index (χ1n) is 9.89. The van der Waals surface area contributed by atoms with Crippen LogP contribution in [0.3, 0.4) is 0 Å². The molecule has 3 aromatic rings. The second-order valence-corrected chi connectivity index (χ2v) is 7.69. The number of likely N-dealkylation sites (tertiary alicyclic amines) is 1. The number of amides is 1. The lowest BCUT2D eigenvalue weighted by molar-refractivity contribution is 0.0633. The molecule has 28 heavy (non-hydrogen) atoms. The average Bonchev–Trinajstić information content (AvgIpc) is 2.71. The van der Waals surface area contributed by atoms with Gasteiger partial charge < -0.3 is 4.90 Å². The van der Waals surface area contributed by atoms with Crippen molar-refractivity contribution in [2.75, 3.05) is 6.54 Å². The van der Waals surface area contributed by atoms with Gasteiger partial charge in [0.1, 0.15) is 11.2 Å². The predicted molar refractivity (Wildman–Crippen MR) is 111 cm³/mol. The topological polar surface area (TPSA) is 55.2 Å². The first-order valence-corrected chi connectivity index (χ1v) is 9.89. The van der Waals surface area contributed by atoms with Crippen molar-refractivity contribution in [1.29, 1.82) is 0 Å². The largest absolute Gasteiger partial charge is 0.336 e. The fourth-order valence-corrected chi connectivity index (χ4v) is 3.94. The molecule has 2 aromatic heterocycles. The van der Waals surface area contributed by atoms with Crippen LogP contribution in [-0.2, 0) is 6.54 Å². The number of rotatable bonds is 3. The third kappa shape index (κ3) is 3.44. The third-order valence-corrected chi connectivity index (χ3v) is 5.60. The molecule has 0 bridgehead atoms. The van der Waals surface area contributed by atoms with Crippen molar-refractivity contribution in [3.63, 3.8) is 0 Å². The first-order chi connectivity index (χ1) is 13.5. The zero-order valence-corrected chi connectivity index (χ0v) is 16.4. The Kier molecular flexibility index (Phi) is 4.99. The van der Waals surface area contributed by atoms with Crippen LogP contribution in [0.5, 0.6) is 0 Å². The Balaban J connectivity index is 1.82. The van der Waals surface area contributed by atoms with Gasteiger partial charge >= 0.3 is 0 Å². The molecule has 1 aliphatic rings. The first kappa shape index (κ1) is 18.4. The van der Waals surface area contributed by atoms with Gasteiger partial charge in [-0.15, -0.1) is 0 Å². The number of carbonyl (C=O) groups is 1. The summed E-state index contributed by atoms with van der Waals surface area (Å²) in [6.45, 7) is 5.20. The molecule has 0 spiro atoms. The maximum absolute atomic E-state index is 13.3. The fourth-order valence-electron chi connectivity index (χ4n) is 3.94. The monoisotopic (exact) mass is 375 g/mol. The van der Waals surface area contributed by atoms with Crippen LogP contribution >= 0.6 is 0 Å². The highest BCUT2D eigenvalue weighted by molar-refractivity contribution is 5.97. The van der Waals surface area contributed by atoms with Gasteiger partial charge in [-0.3, -0.25) is 14.2 Å². The highest BCUT2D eigenvalue weighted by Crippen LogP contribution is 2.20. The lowest BCUT2D eigenvalue weighted by Crippen LogP contribution is -2.44. The van der Waals surface area contributed by atoms with Gasteiger partial charge in [0.25, 0.3) is 11.5 Å². The average molecular weight is 375 g/mol. The van der Waals surface area contributed by atoms with Gasteiger partial charge in [-0.25, -0.2) is 4.98 Å². The number of piperidine rings is 1. The summed E-state index contributed by atoms with van der Waals surface area (Å²) in [5.74, 6) is -0.166. The van der Waals surface area contributed by atoms with Gasteiger partial charge in [0.2, 0.25) is 0 Å². The van der Waals surface area contributed by atoms with E-state index in [1.165, 1.54) is 5.56 Å². The van der Waals surface area contributed by atoms with E-state index in [0.717, 1.165) is 30.2 Å². The molecular formula is C23H25N3O2. The van der Waals surface area contributed by atoms with Crippen molar-refractivity contribution < 1.29 is 4.79 Å². The number of nitrogens with zero attached hydrogens (tertiary/aromatic N) is 3. The lowest BCUT2D eigenvalue weighted by atomic mass is 10.0. The van der Waals surface area contributed by atoms with Crippen LogP contribution in [0, 0.1) is 6.92 Å². The van der Waals surface area contributed by atoms with Crippen molar-refractivity contribution in [1.82, 2.24) is 14.5 Å². The quantitative estimate of drug-likeness (QED) is 0.700. The van der Waals surface area contributed by atoms with Crippen molar-refractivity contribution in [2.24, 2.45) is 0 Å². The van der Waals surface area contributed by atoms with E-state index in [9.17, 15) is 9.59 Å². The third-order valence-electron chi connectivity index (χ3n) is 5.60. The summed E-state index contributed by atoms with van der Waals surface area (Å²) in [4.78, 5) is 32.8. The summed E-state index contributed by atoms with van der Waals surface area (Å²) in [5, 5.41) is 0.808. The number of hydrogen-bond donors (Lipinski definition) is 0. The number of hydrogen-bond acceptors (Lipinski definition) is 3. The highest BCUT2D eigenvalue weighted by atomic mass is 16.2. The smallest absolute Gasteiger partial charge is 0.265 e. The number of aromatic nitrogens is 2. The molecule has 1 aliphatic heterocycles. The Morgan fingerprint density at radius 1 is 1.18 bits per heavy atom. The number of fused-ring (bicyclic) bond motifs is 1. The van der Waals surface area contributed by atoms with Crippen LogP contribution in [0.25, 0.3) is 11.0 Å². The molecule has 1 aromatic carbocycles. The van der Waals surface area contributed by atoms with Crippen LogP contribution in [0.2, 0.25) is 0 Å². The molecule has 0 unspecified atom stereocenters. The summed E-state index contributed by atoms with van der Waals surface area (Å²) < 4.78 is 1.63. The molecule has 3 heterocycles. The Hall–Kier alpha value is -2.95.